The molecule has 3 aromatic carbocycles. The zero-order chi connectivity index (χ0) is 17.6. The van der Waals surface area contributed by atoms with E-state index in [0.717, 1.165) is 22.6 Å². The van der Waals surface area contributed by atoms with E-state index in [1.54, 1.807) is 24.3 Å². The van der Waals surface area contributed by atoms with Crippen LogP contribution < -0.4 is 4.90 Å². The molecule has 0 aliphatic rings. The minimum absolute atomic E-state index is 0.610. The predicted molar refractivity (Wildman–Crippen MR) is 101 cm³/mol. The molecule has 0 saturated carbocycles. The first-order valence-electron chi connectivity index (χ1n) is 7.99. The molecule has 0 aliphatic carbocycles. The van der Waals surface area contributed by atoms with Crippen molar-refractivity contribution in [3.05, 3.63) is 83.9 Å². The van der Waals surface area contributed by atoms with Crippen molar-refractivity contribution >= 4 is 22.7 Å². The van der Waals surface area contributed by atoms with Gasteiger partial charge in [0.25, 0.3) is 0 Å². The molecule has 0 radical (unpaired) electrons. The summed E-state index contributed by atoms with van der Waals surface area (Å²) >= 11 is 0. The van der Waals surface area contributed by atoms with Crippen molar-refractivity contribution in [1.29, 1.82) is 5.26 Å². The van der Waals surface area contributed by atoms with Gasteiger partial charge in [0.1, 0.15) is 5.69 Å². The van der Waals surface area contributed by atoms with E-state index in [-0.39, 0.29) is 0 Å². The Bertz CT molecular complexity index is 922. The molecule has 4 nitrogen and oxygen atoms in total. The third-order valence-electron chi connectivity index (χ3n) is 3.91. The Labute approximate surface area is 147 Å². The summed E-state index contributed by atoms with van der Waals surface area (Å²) < 4.78 is 0. The lowest BCUT2D eigenvalue weighted by Gasteiger charge is -2.21. The number of benzene rings is 3. The molecule has 3 aromatic rings. The summed E-state index contributed by atoms with van der Waals surface area (Å²) in [5, 5.41) is 17.6. The molecule has 4 heteroatoms. The van der Waals surface area contributed by atoms with Gasteiger partial charge in [0, 0.05) is 12.7 Å². The van der Waals surface area contributed by atoms with Gasteiger partial charge in [0.15, 0.2) is 0 Å². The average Bonchev–Trinajstić information content (AvgIpc) is 2.67. The van der Waals surface area contributed by atoms with Gasteiger partial charge in [0.2, 0.25) is 0 Å². The number of nitriles is 1. The quantitative estimate of drug-likeness (QED) is 0.548. The summed E-state index contributed by atoms with van der Waals surface area (Å²) in [6.45, 7) is 2.03. The number of rotatable bonds is 4. The van der Waals surface area contributed by atoms with Crippen LogP contribution in [0.1, 0.15) is 11.1 Å². The van der Waals surface area contributed by atoms with Crippen molar-refractivity contribution in [3.8, 4) is 6.07 Å². The number of para-hydroxylation sites is 1. The minimum atomic E-state index is 0.610. The van der Waals surface area contributed by atoms with E-state index < -0.39 is 0 Å². The Hall–Kier alpha value is -3.45. The zero-order valence-corrected chi connectivity index (χ0v) is 14.2. The molecule has 0 fully saturated rings. The fourth-order valence-corrected chi connectivity index (χ4v) is 2.50. The van der Waals surface area contributed by atoms with E-state index in [2.05, 4.69) is 45.5 Å². The summed E-state index contributed by atoms with van der Waals surface area (Å²) in [5.74, 6) is 0. The maximum atomic E-state index is 8.86. The third-order valence-corrected chi connectivity index (χ3v) is 3.91. The van der Waals surface area contributed by atoms with E-state index in [4.69, 9.17) is 5.26 Å². The summed E-state index contributed by atoms with van der Waals surface area (Å²) in [4.78, 5) is 2.09. The van der Waals surface area contributed by atoms with Crippen LogP contribution in [0.3, 0.4) is 0 Å². The van der Waals surface area contributed by atoms with Crippen LogP contribution in [0.5, 0.6) is 0 Å². The highest BCUT2D eigenvalue weighted by Gasteiger charge is 2.09. The van der Waals surface area contributed by atoms with Gasteiger partial charge in [-0.05, 0) is 61.0 Å². The van der Waals surface area contributed by atoms with Crippen LogP contribution in [-0.2, 0) is 0 Å². The SMILES string of the molecule is Cc1ccc(N(C)c2ccccc2)c(N=Nc2ccc(C#N)cc2)c1. The second kappa shape index (κ2) is 7.41. The maximum Gasteiger partial charge on any atom is 0.110 e. The van der Waals surface area contributed by atoms with Crippen molar-refractivity contribution < 1.29 is 0 Å². The molecule has 0 amide bonds. The molecule has 0 spiro atoms. The van der Waals surface area contributed by atoms with E-state index >= 15 is 0 Å². The van der Waals surface area contributed by atoms with Gasteiger partial charge in [-0.25, -0.2) is 0 Å². The normalized spacial score (nSPS) is 10.6. The van der Waals surface area contributed by atoms with Crippen molar-refractivity contribution in [1.82, 2.24) is 0 Å². The van der Waals surface area contributed by atoms with Gasteiger partial charge in [0.05, 0.1) is 23.0 Å². The molecular weight excluding hydrogens is 308 g/mol. The lowest BCUT2D eigenvalue weighted by Crippen LogP contribution is -2.09. The second-order valence-corrected chi connectivity index (χ2v) is 5.75. The summed E-state index contributed by atoms with van der Waals surface area (Å²) in [6.07, 6.45) is 0. The second-order valence-electron chi connectivity index (χ2n) is 5.75. The van der Waals surface area contributed by atoms with Crippen molar-refractivity contribution in [2.24, 2.45) is 10.2 Å². The number of azo groups is 1. The summed E-state index contributed by atoms with van der Waals surface area (Å²) in [7, 11) is 2.01. The Morgan fingerprint density at radius 2 is 1.60 bits per heavy atom. The van der Waals surface area contributed by atoms with E-state index in [0.29, 0.717) is 11.3 Å². The fourth-order valence-electron chi connectivity index (χ4n) is 2.50. The van der Waals surface area contributed by atoms with Crippen LogP contribution in [-0.4, -0.2) is 7.05 Å². The first-order valence-corrected chi connectivity index (χ1v) is 7.99. The molecule has 3 rings (SSSR count). The smallest absolute Gasteiger partial charge is 0.110 e. The van der Waals surface area contributed by atoms with E-state index in [1.165, 1.54) is 0 Å². The van der Waals surface area contributed by atoms with E-state index in [1.807, 2.05) is 38.2 Å². The topological polar surface area (TPSA) is 51.8 Å². The number of nitrogens with zero attached hydrogens (tertiary/aromatic N) is 4. The molecule has 0 unspecified atom stereocenters. The Morgan fingerprint density at radius 3 is 2.28 bits per heavy atom. The molecule has 0 heterocycles. The van der Waals surface area contributed by atoms with Crippen LogP contribution >= 0.6 is 0 Å². The van der Waals surface area contributed by atoms with Gasteiger partial charge in [-0.2, -0.15) is 10.4 Å². The van der Waals surface area contributed by atoms with Gasteiger partial charge in [-0.3, -0.25) is 0 Å². The van der Waals surface area contributed by atoms with Crippen LogP contribution in [0.4, 0.5) is 22.7 Å². The molecule has 0 N–H and O–H groups in total. The lowest BCUT2D eigenvalue weighted by molar-refractivity contribution is 1.16. The lowest BCUT2D eigenvalue weighted by atomic mass is 10.1. The van der Waals surface area contributed by atoms with Crippen molar-refractivity contribution in [2.75, 3.05) is 11.9 Å². The van der Waals surface area contributed by atoms with Crippen LogP contribution in [0.2, 0.25) is 0 Å². The fraction of sp³-hybridized carbons (Fsp3) is 0.0952. The third kappa shape index (κ3) is 3.91. The average molecular weight is 326 g/mol. The zero-order valence-electron chi connectivity index (χ0n) is 14.2. The van der Waals surface area contributed by atoms with Gasteiger partial charge in [-0.1, -0.05) is 24.3 Å². The minimum Gasteiger partial charge on any atom is -0.343 e. The summed E-state index contributed by atoms with van der Waals surface area (Å²) in [6, 6.07) is 25.4. The monoisotopic (exact) mass is 326 g/mol. The maximum absolute atomic E-state index is 8.86. The highest BCUT2D eigenvalue weighted by molar-refractivity contribution is 5.74. The van der Waals surface area contributed by atoms with Crippen LogP contribution in [0.15, 0.2) is 83.0 Å². The molecule has 0 aliphatic heterocycles. The molecule has 0 aromatic heterocycles. The standard InChI is InChI=1S/C21H18N4/c1-16-8-13-21(25(2)19-6-4-3-5-7-19)20(14-16)24-23-18-11-9-17(15-22)10-12-18/h3-14H,1-2H3. The predicted octanol–water partition coefficient (Wildman–Crippen LogP) is 6.05. The first kappa shape index (κ1) is 16.4. The number of hydrogen-bond donors (Lipinski definition) is 0. The Morgan fingerprint density at radius 1 is 0.880 bits per heavy atom. The van der Waals surface area contributed by atoms with Crippen molar-refractivity contribution in [3.63, 3.8) is 0 Å². The largest absolute Gasteiger partial charge is 0.343 e. The number of anilines is 2. The van der Waals surface area contributed by atoms with Crippen molar-refractivity contribution in [2.45, 2.75) is 6.92 Å². The van der Waals surface area contributed by atoms with E-state index in [9.17, 15) is 0 Å². The molecule has 25 heavy (non-hydrogen) atoms. The molecule has 0 bridgehead atoms. The van der Waals surface area contributed by atoms with Gasteiger partial charge in [-0.15, -0.1) is 5.11 Å². The Kier molecular flexibility index (Phi) is 4.87. The van der Waals surface area contributed by atoms with Gasteiger partial charge < -0.3 is 4.90 Å². The Balaban J connectivity index is 1.94. The highest BCUT2D eigenvalue weighted by Crippen LogP contribution is 2.34. The van der Waals surface area contributed by atoms with Gasteiger partial charge >= 0.3 is 0 Å². The number of hydrogen-bond acceptors (Lipinski definition) is 4. The van der Waals surface area contributed by atoms with Crippen LogP contribution in [0, 0.1) is 18.3 Å². The molecular formula is C21H18N4. The number of aryl methyl sites for hydroxylation is 1. The molecule has 0 saturated heterocycles. The molecule has 122 valence electrons. The van der Waals surface area contributed by atoms with Crippen LogP contribution in [0.25, 0.3) is 0 Å². The first-order chi connectivity index (χ1) is 12.2. The summed E-state index contributed by atoms with van der Waals surface area (Å²) in [5.41, 5.74) is 5.32. The molecule has 0 atom stereocenters. The highest BCUT2D eigenvalue weighted by atomic mass is 15.2.